The number of H-pyrrole nitrogens is 1. The van der Waals surface area contributed by atoms with Gasteiger partial charge < -0.3 is 20.8 Å². The average Bonchev–Trinajstić information content (AvgIpc) is 2.44. The minimum atomic E-state index is -0.173. The van der Waals surface area contributed by atoms with Crippen molar-refractivity contribution in [1.29, 1.82) is 0 Å². The smallest absolute Gasteiger partial charge is 0.258 e. The highest BCUT2D eigenvalue weighted by molar-refractivity contribution is 5.88. The first-order chi connectivity index (χ1) is 9.72. The maximum absolute atomic E-state index is 11.6. The van der Waals surface area contributed by atoms with Gasteiger partial charge in [0.2, 0.25) is 0 Å². The lowest BCUT2D eigenvalue weighted by atomic mass is 10.2. The predicted molar refractivity (Wildman–Crippen MR) is 81.0 cm³/mol. The van der Waals surface area contributed by atoms with Crippen LogP contribution in [-0.2, 0) is 4.74 Å². The normalized spacial score (nSPS) is 10.8. The third-order valence-corrected chi connectivity index (χ3v) is 3.15. The van der Waals surface area contributed by atoms with Crippen LogP contribution in [0.25, 0.3) is 10.9 Å². The minimum absolute atomic E-state index is 0.173. The lowest BCUT2D eigenvalue weighted by Gasteiger charge is -2.10. The molecule has 1 heterocycles. The maximum atomic E-state index is 11.6. The van der Waals surface area contributed by atoms with E-state index in [4.69, 9.17) is 10.5 Å². The second kappa shape index (κ2) is 6.91. The molecule has 2 rings (SSSR count). The molecule has 2 aromatic rings. The van der Waals surface area contributed by atoms with Gasteiger partial charge in [0.25, 0.3) is 5.56 Å². The third kappa shape index (κ3) is 3.48. The Morgan fingerprint density at radius 3 is 3.00 bits per heavy atom. The second-order valence-corrected chi connectivity index (χ2v) is 4.67. The van der Waals surface area contributed by atoms with E-state index in [1.165, 1.54) is 6.33 Å². The highest BCUT2D eigenvalue weighted by atomic mass is 16.5. The molecule has 0 aliphatic rings. The van der Waals surface area contributed by atoms with E-state index in [2.05, 4.69) is 15.3 Å². The number of benzene rings is 1. The Bertz CT molecular complexity index is 624. The van der Waals surface area contributed by atoms with Gasteiger partial charge >= 0.3 is 0 Å². The molecule has 0 bridgehead atoms. The van der Waals surface area contributed by atoms with Gasteiger partial charge in [0.1, 0.15) is 0 Å². The van der Waals surface area contributed by atoms with Crippen molar-refractivity contribution in [3.63, 3.8) is 0 Å². The number of nitrogens with two attached hydrogens (primary N) is 1. The number of nitrogens with zero attached hydrogens (tertiary/aromatic N) is 1. The molecular formula is C14H20N4O2. The summed E-state index contributed by atoms with van der Waals surface area (Å²) in [6.45, 7) is 1.63. The lowest BCUT2D eigenvalue weighted by molar-refractivity contribution is 0.192. The van der Waals surface area contributed by atoms with Gasteiger partial charge in [-0.1, -0.05) is 0 Å². The second-order valence-electron chi connectivity index (χ2n) is 4.67. The summed E-state index contributed by atoms with van der Waals surface area (Å²) in [5.41, 5.74) is 7.81. The Hall–Kier alpha value is -2.08. The SMILES string of the molecule is COCCCCCNc1cc2nc[nH]c(=O)c2cc1N. The number of fused-ring (bicyclic) bond motifs is 1. The first kappa shape index (κ1) is 14.3. The lowest BCUT2D eigenvalue weighted by Crippen LogP contribution is -2.09. The highest BCUT2D eigenvalue weighted by Crippen LogP contribution is 2.22. The fourth-order valence-electron chi connectivity index (χ4n) is 2.06. The Labute approximate surface area is 117 Å². The van der Waals surface area contributed by atoms with Crippen molar-refractivity contribution >= 4 is 22.3 Å². The highest BCUT2D eigenvalue weighted by Gasteiger charge is 2.05. The molecule has 0 saturated heterocycles. The van der Waals surface area contributed by atoms with Crippen LogP contribution < -0.4 is 16.6 Å². The van der Waals surface area contributed by atoms with Gasteiger partial charge in [0.15, 0.2) is 0 Å². The molecule has 0 aliphatic carbocycles. The van der Waals surface area contributed by atoms with E-state index in [9.17, 15) is 4.79 Å². The molecule has 6 heteroatoms. The van der Waals surface area contributed by atoms with E-state index in [-0.39, 0.29) is 5.56 Å². The Morgan fingerprint density at radius 1 is 1.35 bits per heavy atom. The number of rotatable bonds is 7. The van der Waals surface area contributed by atoms with Crippen LogP contribution in [0.1, 0.15) is 19.3 Å². The van der Waals surface area contributed by atoms with E-state index in [0.717, 1.165) is 38.1 Å². The van der Waals surface area contributed by atoms with Crippen molar-refractivity contribution in [3.8, 4) is 0 Å². The van der Waals surface area contributed by atoms with Crippen LogP contribution in [0.2, 0.25) is 0 Å². The summed E-state index contributed by atoms with van der Waals surface area (Å²) in [7, 11) is 1.71. The molecule has 4 N–H and O–H groups in total. The molecule has 1 aromatic carbocycles. The van der Waals surface area contributed by atoms with Gasteiger partial charge in [0, 0.05) is 20.3 Å². The number of nitrogen functional groups attached to an aromatic ring is 1. The van der Waals surface area contributed by atoms with Crippen molar-refractivity contribution < 1.29 is 4.74 Å². The zero-order valence-corrected chi connectivity index (χ0v) is 11.6. The molecule has 1 aromatic heterocycles. The summed E-state index contributed by atoms with van der Waals surface area (Å²) in [5, 5.41) is 3.79. The predicted octanol–water partition coefficient (Wildman–Crippen LogP) is 1.73. The maximum Gasteiger partial charge on any atom is 0.258 e. The molecule has 0 saturated carbocycles. The zero-order valence-electron chi connectivity index (χ0n) is 11.6. The van der Waals surface area contributed by atoms with Crippen LogP contribution in [0.3, 0.4) is 0 Å². The number of ether oxygens (including phenoxy) is 1. The van der Waals surface area contributed by atoms with Crippen LogP contribution in [0.4, 0.5) is 11.4 Å². The minimum Gasteiger partial charge on any atom is -0.397 e. The number of hydrogen-bond acceptors (Lipinski definition) is 5. The summed E-state index contributed by atoms with van der Waals surface area (Å²) in [6, 6.07) is 3.48. The van der Waals surface area contributed by atoms with Gasteiger partial charge in [-0.2, -0.15) is 0 Å². The van der Waals surface area contributed by atoms with Gasteiger partial charge in [-0.25, -0.2) is 4.98 Å². The Morgan fingerprint density at radius 2 is 2.20 bits per heavy atom. The van der Waals surface area contributed by atoms with Crippen molar-refractivity contribution in [2.75, 3.05) is 31.3 Å². The number of aromatic amines is 1. The monoisotopic (exact) mass is 276 g/mol. The number of methoxy groups -OCH3 is 1. The van der Waals surface area contributed by atoms with Gasteiger partial charge in [-0.3, -0.25) is 4.79 Å². The van der Waals surface area contributed by atoms with Crippen molar-refractivity contribution in [2.45, 2.75) is 19.3 Å². The molecule has 0 fully saturated rings. The molecule has 0 spiro atoms. The summed E-state index contributed by atoms with van der Waals surface area (Å²) >= 11 is 0. The summed E-state index contributed by atoms with van der Waals surface area (Å²) in [6.07, 6.45) is 4.60. The molecule has 0 aliphatic heterocycles. The fraction of sp³-hybridized carbons (Fsp3) is 0.429. The molecule has 108 valence electrons. The largest absolute Gasteiger partial charge is 0.397 e. The van der Waals surface area contributed by atoms with E-state index in [0.29, 0.717) is 16.6 Å². The van der Waals surface area contributed by atoms with Crippen LogP contribution in [0, 0.1) is 0 Å². The number of anilines is 2. The molecule has 0 radical (unpaired) electrons. The molecule has 0 atom stereocenters. The first-order valence-electron chi connectivity index (χ1n) is 6.72. The fourth-order valence-corrected chi connectivity index (χ4v) is 2.06. The third-order valence-electron chi connectivity index (χ3n) is 3.15. The number of unbranched alkanes of at least 4 members (excludes halogenated alkanes) is 2. The average molecular weight is 276 g/mol. The topological polar surface area (TPSA) is 93.0 Å². The van der Waals surface area contributed by atoms with Crippen LogP contribution in [-0.4, -0.2) is 30.2 Å². The molecule has 6 nitrogen and oxygen atoms in total. The van der Waals surface area contributed by atoms with E-state index >= 15 is 0 Å². The van der Waals surface area contributed by atoms with Gasteiger partial charge in [-0.05, 0) is 31.4 Å². The standard InChI is InChI=1S/C14H20N4O2/c1-20-6-4-2-3-5-16-13-8-12-10(7-11(13)15)14(19)18-9-17-12/h7-9,16H,2-6,15H2,1H3,(H,17,18,19). The van der Waals surface area contributed by atoms with Crippen molar-refractivity contribution in [2.24, 2.45) is 0 Å². The molecular weight excluding hydrogens is 256 g/mol. The van der Waals surface area contributed by atoms with Crippen molar-refractivity contribution in [1.82, 2.24) is 9.97 Å². The number of nitrogens with one attached hydrogen (secondary N) is 2. The summed E-state index contributed by atoms with van der Waals surface area (Å²) < 4.78 is 5.00. The summed E-state index contributed by atoms with van der Waals surface area (Å²) in [5.74, 6) is 0. The van der Waals surface area contributed by atoms with Gasteiger partial charge in [0.05, 0.1) is 28.6 Å². The van der Waals surface area contributed by atoms with E-state index < -0.39 is 0 Å². The number of aromatic nitrogens is 2. The van der Waals surface area contributed by atoms with Gasteiger partial charge in [-0.15, -0.1) is 0 Å². The Balaban J connectivity index is 2.00. The molecule has 0 amide bonds. The molecule has 20 heavy (non-hydrogen) atoms. The van der Waals surface area contributed by atoms with E-state index in [1.807, 2.05) is 6.07 Å². The van der Waals surface area contributed by atoms with Crippen LogP contribution in [0.5, 0.6) is 0 Å². The van der Waals surface area contributed by atoms with E-state index in [1.54, 1.807) is 13.2 Å². The number of hydrogen-bond donors (Lipinski definition) is 3. The van der Waals surface area contributed by atoms with Crippen LogP contribution in [0.15, 0.2) is 23.3 Å². The Kier molecular flexibility index (Phi) is 4.95. The van der Waals surface area contributed by atoms with Crippen LogP contribution >= 0.6 is 0 Å². The zero-order chi connectivity index (χ0) is 14.4. The first-order valence-corrected chi connectivity index (χ1v) is 6.72. The summed E-state index contributed by atoms with van der Waals surface area (Å²) in [4.78, 5) is 18.3. The van der Waals surface area contributed by atoms with Crippen molar-refractivity contribution in [3.05, 3.63) is 28.8 Å². The molecule has 0 unspecified atom stereocenters. The quantitative estimate of drug-likeness (QED) is 0.529.